The number of aryl methyl sites for hydroxylation is 1. The van der Waals surface area contributed by atoms with Crippen molar-refractivity contribution >= 4 is 23.4 Å². The monoisotopic (exact) mass is 255 g/mol. The van der Waals surface area contributed by atoms with E-state index in [4.69, 9.17) is 5.84 Å². The highest BCUT2D eigenvalue weighted by Crippen LogP contribution is 2.19. The quantitative estimate of drug-likeness (QED) is 0.392. The Bertz CT molecular complexity index is 356. The summed E-state index contributed by atoms with van der Waals surface area (Å²) >= 11 is 1.80. The Balaban J connectivity index is 2.88. The van der Waals surface area contributed by atoms with Crippen molar-refractivity contribution in [2.45, 2.75) is 26.7 Å². The van der Waals surface area contributed by atoms with Gasteiger partial charge >= 0.3 is 0 Å². The number of hydrogen-bond donors (Lipinski definition) is 3. The van der Waals surface area contributed by atoms with Gasteiger partial charge in [-0.3, -0.25) is 0 Å². The maximum absolute atomic E-state index is 5.47. The van der Waals surface area contributed by atoms with E-state index in [2.05, 4.69) is 33.9 Å². The van der Waals surface area contributed by atoms with Crippen LogP contribution in [0.3, 0.4) is 0 Å². The maximum atomic E-state index is 5.47. The maximum Gasteiger partial charge on any atom is 0.148 e. The molecular formula is C11H21N5S. The molecule has 0 amide bonds. The molecule has 0 aromatic carbocycles. The van der Waals surface area contributed by atoms with Crippen molar-refractivity contribution in [3.05, 3.63) is 11.4 Å². The summed E-state index contributed by atoms with van der Waals surface area (Å²) in [5.74, 6) is 8.94. The number of nitrogens with zero attached hydrogens (tertiary/aromatic N) is 2. The third-order valence-corrected chi connectivity index (χ3v) is 3.01. The molecule has 1 heterocycles. The number of aromatic nitrogens is 2. The van der Waals surface area contributed by atoms with Gasteiger partial charge in [0, 0.05) is 24.3 Å². The van der Waals surface area contributed by atoms with Crippen LogP contribution in [0.5, 0.6) is 0 Å². The lowest BCUT2D eigenvalue weighted by Crippen LogP contribution is -2.15. The van der Waals surface area contributed by atoms with Gasteiger partial charge in [0.15, 0.2) is 0 Å². The van der Waals surface area contributed by atoms with E-state index in [9.17, 15) is 0 Å². The lowest BCUT2D eigenvalue weighted by molar-refractivity contribution is 0.831. The van der Waals surface area contributed by atoms with E-state index >= 15 is 0 Å². The zero-order valence-corrected chi connectivity index (χ0v) is 11.5. The second kappa shape index (κ2) is 7.34. The number of nitrogens with two attached hydrogens (primary N) is 1. The second-order valence-corrected chi connectivity index (χ2v) is 4.76. The minimum absolute atomic E-state index is 0.704. The van der Waals surface area contributed by atoms with Crippen LogP contribution in [-0.2, 0) is 6.42 Å². The van der Waals surface area contributed by atoms with Gasteiger partial charge in [0.05, 0.1) is 0 Å². The number of hydrogen-bond acceptors (Lipinski definition) is 6. The molecule has 0 fully saturated rings. The van der Waals surface area contributed by atoms with Gasteiger partial charge in [0.1, 0.15) is 17.5 Å². The largest absolute Gasteiger partial charge is 0.369 e. The molecule has 96 valence electrons. The van der Waals surface area contributed by atoms with Crippen molar-refractivity contribution in [1.29, 1.82) is 0 Å². The van der Waals surface area contributed by atoms with E-state index in [1.807, 2.05) is 6.92 Å². The van der Waals surface area contributed by atoms with Gasteiger partial charge < -0.3 is 10.7 Å². The molecule has 0 radical (unpaired) electrons. The zero-order valence-electron chi connectivity index (χ0n) is 10.7. The highest BCUT2D eigenvalue weighted by molar-refractivity contribution is 7.98. The lowest BCUT2D eigenvalue weighted by Gasteiger charge is -2.13. The summed E-state index contributed by atoms with van der Waals surface area (Å²) in [7, 11) is 0. The van der Waals surface area contributed by atoms with Crippen molar-refractivity contribution in [3.63, 3.8) is 0 Å². The minimum Gasteiger partial charge on any atom is -0.369 e. The van der Waals surface area contributed by atoms with Crippen LogP contribution < -0.4 is 16.6 Å². The Kier molecular flexibility index (Phi) is 6.07. The zero-order chi connectivity index (χ0) is 12.7. The molecule has 0 saturated carbocycles. The van der Waals surface area contributed by atoms with Gasteiger partial charge in [-0.1, -0.05) is 6.92 Å². The van der Waals surface area contributed by atoms with E-state index in [0.29, 0.717) is 5.82 Å². The summed E-state index contributed by atoms with van der Waals surface area (Å²) in [4.78, 5) is 8.89. The fourth-order valence-corrected chi connectivity index (χ4v) is 1.79. The predicted molar refractivity (Wildman–Crippen MR) is 75.4 cm³/mol. The Labute approximate surface area is 107 Å². The smallest absolute Gasteiger partial charge is 0.148 e. The first-order valence-electron chi connectivity index (χ1n) is 5.79. The SMILES string of the molecule is CCCc1nc(NN)c(C)c(NCCSC)n1. The average Bonchev–Trinajstić information content (AvgIpc) is 2.33. The standard InChI is InChI=1S/C11H21N5S/c1-4-5-9-14-10(13-6-7-17-3)8(2)11(15-9)16-12/h4-7,12H2,1-3H3,(H2,13,14,15,16). The normalized spacial score (nSPS) is 10.4. The summed E-state index contributed by atoms with van der Waals surface area (Å²) < 4.78 is 0. The van der Waals surface area contributed by atoms with Gasteiger partial charge in [-0.25, -0.2) is 15.8 Å². The average molecular weight is 255 g/mol. The van der Waals surface area contributed by atoms with Crippen molar-refractivity contribution < 1.29 is 0 Å². The topological polar surface area (TPSA) is 75.9 Å². The van der Waals surface area contributed by atoms with Gasteiger partial charge in [0.25, 0.3) is 0 Å². The summed E-state index contributed by atoms with van der Waals surface area (Å²) in [6, 6.07) is 0. The minimum atomic E-state index is 0.704. The van der Waals surface area contributed by atoms with Gasteiger partial charge in [-0.05, 0) is 19.6 Å². The van der Waals surface area contributed by atoms with E-state index in [1.54, 1.807) is 11.8 Å². The number of anilines is 2. The van der Waals surface area contributed by atoms with E-state index in [0.717, 1.165) is 42.3 Å². The first kappa shape index (κ1) is 14.1. The molecule has 6 heteroatoms. The predicted octanol–water partition coefficient (Wildman–Crippen LogP) is 1.80. The summed E-state index contributed by atoms with van der Waals surface area (Å²) in [5.41, 5.74) is 3.59. The molecule has 0 bridgehead atoms. The number of nitrogen functional groups attached to an aromatic ring is 1. The van der Waals surface area contributed by atoms with Crippen LogP contribution in [0.2, 0.25) is 0 Å². The first-order chi connectivity index (χ1) is 8.22. The molecule has 1 rings (SSSR count). The second-order valence-electron chi connectivity index (χ2n) is 3.78. The molecule has 0 aliphatic heterocycles. The van der Waals surface area contributed by atoms with Crippen molar-refractivity contribution in [3.8, 4) is 0 Å². The van der Waals surface area contributed by atoms with E-state index < -0.39 is 0 Å². The molecule has 0 aliphatic carbocycles. The molecule has 0 aliphatic rings. The summed E-state index contributed by atoms with van der Waals surface area (Å²) in [6.07, 6.45) is 3.98. The third-order valence-electron chi connectivity index (χ3n) is 2.40. The van der Waals surface area contributed by atoms with E-state index in [1.165, 1.54) is 0 Å². The van der Waals surface area contributed by atoms with Gasteiger partial charge in [0.2, 0.25) is 0 Å². The van der Waals surface area contributed by atoms with Gasteiger partial charge in [-0.15, -0.1) is 0 Å². The van der Waals surface area contributed by atoms with Gasteiger partial charge in [-0.2, -0.15) is 11.8 Å². The van der Waals surface area contributed by atoms with Crippen LogP contribution in [0, 0.1) is 6.92 Å². The van der Waals surface area contributed by atoms with Crippen molar-refractivity contribution in [2.24, 2.45) is 5.84 Å². The van der Waals surface area contributed by atoms with Crippen LogP contribution >= 0.6 is 11.8 Å². The number of hydrazine groups is 1. The molecule has 5 nitrogen and oxygen atoms in total. The van der Waals surface area contributed by atoms with Crippen molar-refractivity contribution in [2.75, 3.05) is 29.3 Å². The van der Waals surface area contributed by atoms with E-state index in [-0.39, 0.29) is 0 Å². The van der Waals surface area contributed by atoms with Crippen LogP contribution in [0.15, 0.2) is 0 Å². The fourth-order valence-electron chi connectivity index (χ4n) is 1.48. The molecule has 1 aromatic heterocycles. The molecular weight excluding hydrogens is 234 g/mol. The molecule has 17 heavy (non-hydrogen) atoms. The number of rotatable bonds is 7. The Morgan fingerprint density at radius 3 is 2.59 bits per heavy atom. The lowest BCUT2D eigenvalue weighted by atomic mass is 10.2. The number of thioether (sulfide) groups is 1. The van der Waals surface area contributed by atoms with Crippen LogP contribution in [0.4, 0.5) is 11.6 Å². The molecule has 0 unspecified atom stereocenters. The first-order valence-corrected chi connectivity index (χ1v) is 7.19. The summed E-state index contributed by atoms with van der Waals surface area (Å²) in [6.45, 7) is 4.97. The highest BCUT2D eigenvalue weighted by Gasteiger charge is 2.09. The fraction of sp³-hybridized carbons (Fsp3) is 0.636. The molecule has 0 atom stereocenters. The van der Waals surface area contributed by atoms with Crippen LogP contribution in [-0.4, -0.2) is 28.5 Å². The highest BCUT2D eigenvalue weighted by atomic mass is 32.2. The molecule has 1 aromatic rings. The Hall–Kier alpha value is -1.01. The molecule has 4 N–H and O–H groups in total. The number of nitrogens with one attached hydrogen (secondary N) is 2. The Morgan fingerprint density at radius 1 is 1.29 bits per heavy atom. The summed E-state index contributed by atoms with van der Waals surface area (Å²) in [5, 5.41) is 3.32. The van der Waals surface area contributed by atoms with Crippen LogP contribution in [0.25, 0.3) is 0 Å². The Morgan fingerprint density at radius 2 is 2.00 bits per heavy atom. The van der Waals surface area contributed by atoms with Crippen molar-refractivity contribution in [1.82, 2.24) is 9.97 Å². The third kappa shape index (κ3) is 4.05. The molecule has 0 spiro atoms. The molecule has 0 saturated heterocycles. The van der Waals surface area contributed by atoms with Crippen LogP contribution in [0.1, 0.15) is 24.7 Å².